The first-order chi connectivity index (χ1) is 7.83. The SMILES string of the molecule is N#CCC=Cc1cccc2c(=O)cc[nH]c12. The van der Waals surface area contributed by atoms with Gasteiger partial charge in [0.15, 0.2) is 5.43 Å². The van der Waals surface area contributed by atoms with Crippen LogP contribution in [0.3, 0.4) is 0 Å². The summed E-state index contributed by atoms with van der Waals surface area (Å²) in [6.07, 6.45) is 5.63. The summed E-state index contributed by atoms with van der Waals surface area (Å²) in [7, 11) is 0. The standard InChI is InChI=1S/C13H10N2O/c14-8-2-1-4-10-5-3-6-11-12(16)7-9-15-13(10)11/h1,3-7,9H,2H2,(H,15,16). The molecule has 78 valence electrons. The van der Waals surface area contributed by atoms with E-state index in [-0.39, 0.29) is 5.43 Å². The lowest BCUT2D eigenvalue weighted by atomic mass is 10.1. The summed E-state index contributed by atoms with van der Waals surface area (Å²) in [5.41, 5.74) is 1.74. The molecular weight excluding hydrogens is 200 g/mol. The van der Waals surface area contributed by atoms with Gasteiger partial charge in [0.1, 0.15) is 0 Å². The third-order valence-corrected chi connectivity index (χ3v) is 2.33. The highest BCUT2D eigenvalue weighted by Gasteiger charge is 2.00. The third kappa shape index (κ3) is 1.86. The molecule has 3 heteroatoms. The van der Waals surface area contributed by atoms with Crippen LogP contribution in [0.4, 0.5) is 0 Å². The number of nitriles is 1. The van der Waals surface area contributed by atoms with Gasteiger partial charge in [0.2, 0.25) is 0 Å². The van der Waals surface area contributed by atoms with E-state index in [2.05, 4.69) is 4.98 Å². The number of benzene rings is 1. The lowest BCUT2D eigenvalue weighted by Gasteiger charge is -2.00. The van der Waals surface area contributed by atoms with E-state index in [1.54, 1.807) is 18.3 Å². The molecule has 0 amide bonds. The molecular formula is C13H10N2O. The number of rotatable bonds is 2. The number of pyridine rings is 1. The van der Waals surface area contributed by atoms with Crippen molar-refractivity contribution in [3.8, 4) is 6.07 Å². The molecule has 0 radical (unpaired) electrons. The zero-order valence-electron chi connectivity index (χ0n) is 8.60. The van der Waals surface area contributed by atoms with E-state index in [0.29, 0.717) is 11.8 Å². The van der Waals surface area contributed by atoms with E-state index >= 15 is 0 Å². The highest BCUT2D eigenvalue weighted by Crippen LogP contribution is 2.14. The second kappa shape index (κ2) is 4.45. The fourth-order valence-electron chi connectivity index (χ4n) is 1.60. The predicted molar refractivity (Wildman–Crippen MR) is 63.8 cm³/mol. The van der Waals surface area contributed by atoms with E-state index in [1.165, 1.54) is 6.07 Å². The molecule has 0 unspecified atom stereocenters. The van der Waals surface area contributed by atoms with Gasteiger partial charge in [-0.1, -0.05) is 24.3 Å². The maximum atomic E-state index is 11.6. The van der Waals surface area contributed by atoms with E-state index < -0.39 is 0 Å². The normalized spacial score (nSPS) is 10.7. The summed E-state index contributed by atoms with van der Waals surface area (Å²) in [5.74, 6) is 0. The molecule has 0 saturated heterocycles. The molecule has 1 N–H and O–H groups in total. The van der Waals surface area contributed by atoms with E-state index in [4.69, 9.17) is 5.26 Å². The number of nitrogens with zero attached hydrogens (tertiary/aromatic N) is 1. The van der Waals surface area contributed by atoms with Crippen molar-refractivity contribution in [2.45, 2.75) is 6.42 Å². The zero-order valence-corrected chi connectivity index (χ0v) is 8.60. The average Bonchev–Trinajstić information content (AvgIpc) is 2.31. The Balaban J connectivity index is 2.59. The Bertz CT molecular complexity index is 632. The third-order valence-electron chi connectivity index (χ3n) is 2.33. The number of nitrogens with one attached hydrogen (secondary N) is 1. The Morgan fingerprint density at radius 2 is 2.25 bits per heavy atom. The van der Waals surface area contributed by atoms with Gasteiger partial charge in [0.25, 0.3) is 0 Å². The van der Waals surface area contributed by atoms with Crippen LogP contribution in [-0.2, 0) is 0 Å². The van der Waals surface area contributed by atoms with Gasteiger partial charge in [-0.25, -0.2) is 0 Å². The Hall–Kier alpha value is -2.34. The van der Waals surface area contributed by atoms with Crippen molar-refractivity contribution in [3.05, 3.63) is 52.3 Å². The second-order valence-electron chi connectivity index (χ2n) is 3.38. The molecule has 0 aliphatic carbocycles. The van der Waals surface area contributed by atoms with Crippen LogP contribution in [-0.4, -0.2) is 4.98 Å². The molecule has 2 aromatic rings. The molecule has 2 rings (SSSR count). The molecule has 0 aliphatic heterocycles. The minimum Gasteiger partial charge on any atom is -0.360 e. The number of aromatic nitrogens is 1. The minimum absolute atomic E-state index is 0.00397. The van der Waals surface area contributed by atoms with Crippen molar-refractivity contribution in [2.24, 2.45) is 0 Å². The van der Waals surface area contributed by atoms with Crippen molar-refractivity contribution >= 4 is 17.0 Å². The van der Waals surface area contributed by atoms with Crippen LogP contribution in [0.5, 0.6) is 0 Å². The number of hydrogen-bond donors (Lipinski definition) is 1. The molecule has 1 heterocycles. The summed E-state index contributed by atoms with van der Waals surface area (Å²) >= 11 is 0. The lowest BCUT2D eigenvalue weighted by Crippen LogP contribution is -2.00. The highest BCUT2D eigenvalue weighted by molar-refractivity contribution is 5.86. The summed E-state index contributed by atoms with van der Waals surface area (Å²) < 4.78 is 0. The van der Waals surface area contributed by atoms with Gasteiger partial charge in [-0.05, 0) is 11.6 Å². The van der Waals surface area contributed by atoms with Gasteiger partial charge in [-0.15, -0.1) is 0 Å². The monoisotopic (exact) mass is 210 g/mol. The van der Waals surface area contributed by atoms with Gasteiger partial charge < -0.3 is 4.98 Å². The molecule has 0 spiro atoms. The fraction of sp³-hybridized carbons (Fsp3) is 0.0769. The first kappa shape index (κ1) is 10.2. The molecule has 0 aliphatic rings. The first-order valence-corrected chi connectivity index (χ1v) is 4.97. The van der Waals surface area contributed by atoms with Crippen molar-refractivity contribution < 1.29 is 0 Å². The van der Waals surface area contributed by atoms with Crippen LogP contribution in [0.15, 0.2) is 41.3 Å². The van der Waals surface area contributed by atoms with Gasteiger partial charge in [-0.2, -0.15) is 5.26 Å². The number of hydrogen-bond acceptors (Lipinski definition) is 2. The molecule has 0 atom stereocenters. The average molecular weight is 210 g/mol. The molecule has 16 heavy (non-hydrogen) atoms. The second-order valence-corrected chi connectivity index (χ2v) is 3.38. The summed E-state index contributed by atoms with van der Waals surface area (Å²) in [6.45, 7) is 0. The van der Waals surface area contributed by atoms with Crippen molar-refractivity contribution in [1.82, 2.24) is 4.98 Å². The van der Waals surface area contributed by atoms with E-state index in [9.17, 15) is 4.79 Å². The van der Waals surface area contributed by atoms with Gasteiger partial charge in [0.05, 0.1) is 18.0 Å². The maximum Gasteiger partial charge on any atom is 0.189 e. The number of para-hydroxylation sites is 1. The van der Waals surface area contributed by atoms with Crippen LogP contribution >= 0.6 is 0 Å². The molecule has 1 aromatic heterocycles. The molecule has 3 nitrogen and oxygen atoms in total. The number of allylic oxidation sites excluding steroid dienone is 1. The van der Waals surface area contributed by atoms with Gasteiger partial charge in [0, 0.05) is 17.6 Å². The van der Waals surface area contributed by atoms with Crippen LogP contribution < -0.4 is 5.43 Å². The molecule has 0 fully saturated rings. The lowest BCUT2D eigenvalue weighted by molar-refractivity contribution is 1.36. The Morgan fingerprint density at radius 3 is 3.06 bits per heavy atom. The Morgan fingerprint density at radius 1 is 1.38 bits per heavy atom. The number of aromatic amines is 1. The highest BCUT2D eigenvalue weighted by atomic mass is 16.1. The zero-order chi connectivity index (χ0) is 11.4. The first-order valence-electron chi connectivity index (χ1n) is 4.97. The summed E-state index contributed by atoms with van der Waals surface area (Å²) in [5, 5.41) is 9.11. The smallest absolute Gasteiger partial charge is 0.189 e. The maximum absolute atomic E-state index is 11.6. The van der Waals surface area contributed by atoms with Crippen LogP contribution in [0.25, 0.3) is 17.0 Å². The molecule has 1 aromatic carbocycles. The van der Waals surface area contributed by atoms with Gasteiger partial charge >= 0.3 is 0 Å². The number of fused-ring (bicyclic) bond motifs is 1. The van der Waals surface area contributed by atoms with Crippen molar-refractivity contribution in [2.75, 3.05) is 0 Å². The fourth-order valence-corrected chi connectivity index (χ4v) is 1.60. The van der Waals surface area contributed by atoms with E-state index in [0.717, 1.165) is 11.1 Å². The molecule has 0 saturated carbocycles. The minimum atomic E-state index is 0.00397. The summed E-state index contributed by atoms with van der Waals surface area (Å²) in [6, 6.07) is 9.08. The predicted octanol–water partition coefficient (Wildman–Crippen LogP) is 2.45. The summed E-state index contributed by atoms with van der Waals surface area (Å²) in [4.78, 5) is 14.6. The van der Waals surface area contributed by atoms with Gasteiger partial charge in [-0.3, -0.25) is 4.79 Å². The molecule has 0 bridgehead atoms. The van der Waals surface area contributed by atoms with Crippen molar-refractivity contribution in [3.63, 3.8) is 0 Å². The van der Waals surface area contributed by atoms with Crippen molar-refractivity contribution in [1.29, 1.82) is 5.26 Å². The Kier molecular flexibility index (Phi) is 2.84. The quantitative estimate of drug-likeness (QED) is 0.827. The van der Waals surface area contributed by atoms with Crippen LogP contribution in [0.2, 0.25) is 0 Å². The Labute approximate surface area is 92.7 Å². The van der Waals surface area contributed by atoms with Crippen LogP contribution in [0, 0.1) is 11.3 Å². The van der Waals surface area contributed by atoms with E-state index in [1.807, 2.05) is 24.3 Å². The van der Waals surface area contributed by atoms with Crippen LogP contribution in [0.1, 0.15) is 12.0 Å². The topological polar surface area (TPSA) is 56.6 Å². The number of H-pyrrole nitrogens is 1. The largest absolute Gasteiger partial charge is 0.360 e.